The number of carbonyl (C=O) groups is 1. The zero-order chi connectivity index (χ0) is 9.19. The third-order valence-electron chi connectivity index (χ3n) is 1.75. The van der Waals surface area contributed by atoms with E-state index in [-0.39, 0.29) is 0 Å². The van der Waals surface area contributed by atoms with Gasteiger partial charge in [0, 0.05) is 5.56 Å². The predicted molar refractivity (Wildman–Crippen MR) is 47.1 cm³/mol. The van der Waals surface area contributed by atoms with Gasteiger partial charge in [-0.1, -0.05) is 24.3 Å². The number of benzene rings is 1. The number of aldehydes is 1. The average molecular weight is 164 g/mol. The highest BCUT2D eigenvalue weighted by Gasteiger charge is 2.14. The van der Waals surface area contributed by atoms with Crippen molar-refractivity contribution in [3.8, 4) is 0 Å². The van der Waals surface area contributed by atoms with Crippen LogP contribution in [-0.4, -0.2) is 11.4 Å². The highest BCUT2D eigenvalue weighted by atomic mass is 16.3. The number of aliphatic hydroxyl groups is 1. The summed E-state index contributed by atoms with van der Waals surface area (Å²) < 4.78 is 0. The first-order chi connectivity index (χ1) is 5.54. The molecule has 0 atom stereocenters. The Hall–Kier alpha value is -1.15. The summed E-state index contributed by atoms with van der Waals surface area (Å²) in [7, 11) is 0. The van der Waals surface area contributed by atoms with Gasteiger partial charge in [-0.2, -0.15) is 0 Å². The number of rotatable bonds is 2. The predicted octanol–water partition coefficient (Wildman–Crippen LogP) is 1.73. The number of hydrogen-bond donors (Lipinski definition) is 1. The van der Waals surface area contributed by atoms with Crippen LogP contribution < -0.4 is 0 Å². The van der Waals surface area contributed by atoms with E-state index in [1.54, 1.807) is 38.1 Å². The summed E-state index contributed by atoms with van der Waals surface area (Å²) in [6.45, 7) is 3.42. The van der Waals surface area contributed by atoms with Gasteiger partial charge in [-0.05, 0) is 19.4 Å². The van der Waals surface area contributed by atoms with Crippen LogP contribution in [-0.2, 0) is 5.60 Å². The fourth-order valence-electron chi connectivity index (χ4n) is 0.970. The standard InChI is InChI=1S/C10H12O2/c1-10(2,12)9-5-3-8(7-11)4-6-9/h3-7,12H,1-2H3. The Labute approximate surface area is 71.8 Å². The van der Waals surface area contributed by atoms with E-state index in [0.717, 1.165) is 11.8 Å². The molecule has 0 heterocycles. The van der Waals surface area contributed by atoms with Gasteiger partial charge in [-0.15, -0.1) is 0 Å². The maximum atomic E-state index is 10.3. The lowest BCUT2D eigenvalue weighted by Crippen LogP contribution is -2.15. The molecule has 0 saturated carbocycles. The Morgan fingerprint density at radius 2 is 1.75 bits per heavy atom. The minimum absolute atomic E-state index is 0.628. The molecule has 0 amide bonds. The zero-order valence-corrected chi connectivity index (χ0v) is 7.24. The molecule has 2 heteroatoms. The summed E-state index contributed by atoms with van der Waals surface area (Å²) >= 11 is 0. The first kappa shape index (κ1) is 8.94. The molecule has 64 valence electrons. The third-order valence-corrected chi connectivity index (χ3v) is 1.75. The van der Waals surface area contributed by atoms with Crippen molar-refractivity contribution >= 4 is 6.29 Å². The van der Waals surface area contributed by atoms with Crippen LogP contribution >= 0.6 is 0 Å². The first-order valence-electron chi connectivity index (χ1n) is 3.82. The van der Waals surface area contributed by atoms with Gasteiger partial charge < -0.3 is 5.11 Å². The molecule has 0 fully saturated rings. The molecule has 0 spiro atoms. The van der Waals surface area contributed by atoms with E-state index < -0.39 is 5.60 Å². The maximum absolute atomic E-state index is 10.3. The van der Waals surface area contributed by atoms with Gasteiger partial charge in [-0.3, -0.25) is 4.79 Å². The van der Waals surface area contributed by atoms with Crippen LogP contribution in [0.1, 0.15) is 29.8 Å². The Morgan fingerprint density at radius 1 is 1.25 bits per heavy atom. The summed E-state index contributed by atoms with van der Waals surface area (Å²) in [6, 6.07) is 6.90. The van der Waals surface area contributed by atoms with E-state index in [4.69, 9.17) is 0 Å². The minimum Gasteiger partial charge on any atom is -0.386 e. The van der Waals surface area contributed by atoms with Crippen molar-refractivity contribution in [1.29, 1.82) is 0 Å². The summed E-state index contributed by atoms with van der Waals surface area (Å²) in [5, 5.41) is 9.56. The fraction of sp³-hybridized carbons (Fsp3) is 0.300. The van der Waals surface area contributed by atoms with Crippen molar-refractivity contribution in [2.75, 3.05) is 0 Å². The summed E-state index contributed by atoms with van der Waals surface area (Å²) in [6.07, 6.45) is 0.786. The molecule has 0 aliphatic carbocycles. The van der Waals surface area contributed by atoms with Gasteiger partial charge in [0.2, 0.25) is 0 Å². The SMILES string of the molecule is CC(C)(O)c1ccc(C=O)cc1. The molecule has 0 radical (unpaired) electrons. The molecule has 0 saturated heterocycles. The van der Waals surface area contributed by atoms with Crippen molar-refractivity contribution in [1.82, 2.24) is 0 Å². The summed E-state index contributed by atoms with van der Waals surface area (Å²) in [4.78, 5) is 10.3. The lowest BCUT2D eigenvalue weighted by Gasteiger charge is -2.17. The second kappa shape index (κ2) is 3.07. The van der Waals surface area contributed by atoms with Crippen LogP contribution in [0.25, 0.3) is 0 Å². The fourth-order valence-corrected chi connectivity index (χ4v) is 0.970. The first-order valence-corrected chi connectivity index (χ1v) is 3.82. The molecule has 1 aromatic rings. The molecule has 2 nitrogen and oxygen atoms in total. The van der Waals surface area contributed by atoms with Crippen molar-refractivity contribution < 1.29 is 9.90 Å². The van der Waals surface area contributed by atoms with E-state index in [1.807, 2.05) is 0 Å². The smallest absolute Gasteiger partial charge is 0.150 e. The van der Waals surface area contributed by atoms with E-state index in [9.17, 15) is 9.90 Å². The Balaban J connectivity index is 3.00. The van der Waals surface area contributed by atoms with Gasteiger partial charge in [0.1, 0.15) is 6.29 Å². The molecule has 0 bridgehead atoms. The normalized spacial score (nSPS) is 11.2. The van der Waals surface area contributed by atoms with Crippen LogP contribution in [0.4, 0.5) is 0 Å². The Morgan fingerprint density at radius 3 is 2.08 bits per heavy atom. The quantitative estimate of drug-likeness (QED) is 0.676. The molecule has 0 aliphatic rings. The lowest BCUT2D eigenvalue weighted by atomic mass is 9.98. The molecule has 1 aromatic carbocycles. The van der Waals surface area contributed by atoms with E-state index in [1.165, 1.54) is 0 Å². The van der Waals surface area contributed by atoms with Gasteiger partial charge in [0.25, 0.3) is 0 Å². The van der Waals surface area contributed by atoms with Crippen molar-refractivity contribution in [2.24, 2.45) is 0 Å². The van der Waals surface area contributed by atoms with E-state index in [2.05, 4.69) is 0 Å². The van der Waals surface area contributed by atoms with Gasteiger partial charge in [0.15, 0.2) is 0 Å². The Kier molecular flexibility index (Phi) is 2.29. The van der Waals surface area contributed by atoms with Crippen molar-refractivity contribution in [3.63, 3.8) is 0 Å². The summed E-state index contributed by atoms with van der Waals surface area (Å²) in [5.74, 6) is 0. The monoisotopic (exact) mass is 164 g/mol. The topological polar surface area (TPSA) is 37.3 Å². The molecule has 0 aliphatic heterocycles. The molecule has 1 rings (SSSR count). The number of hydrogen-bond acceptors (Lipinski definition) is 2. The van der Waals surface area contributed by atoms with E-state index in [0.29, 0.717) is 5.56 Å². The van der Waals surface area contributed by atoms with Gasteiger partial charge in [-0.25, -0.2) is 0 Å². The van der Waals surface area contributed by atoms with Crippen LogP contribution in [0.2, 0.25) is 0 Å². The van der Waals surface area contributed by atoms with Gasteiger partial charge >= 0.3 is 0 Å². The average Bonchev–Trinajstić information content (AvgIpc) is 2.03. The third kappa shape index (κ3) is 1.92. The summed E-state index contributed by atoms with van der Waals surface area (Å²) in [5.41, 5.74) is 0.609. The zero-order valence-electron chi connectivity index (χ0n) is 7.24. The molecule has 12 heavy (non-hydrogen) atoms. The molecular weight excluding hydrogens is 152 g/mol. The van der Waals surface area contributed by atoms with Crippen LogP contribution in [0.5, 0.6) is 0 Å². The van der Waals surface area contributed by atoms with Gasteiger partial charge in [0.05, 0.1) is 5.60 Å². The van der Waals surface area contributed by atoms with Crippen molar-refractivity contribution in [3.05, 3.63) is 35.4 Å². The highest BCUT2D eigenvalue weighted by molar-refractivity contribution is 5.74. The second-order valence-electron chi connectivity index (χ2n) is 3.30. The van der Waals surface area contributed by atoms with Crippen LogP contribution in [0.15, 0.2) is 24.3 Å². The molecular formula is C10H12O2. The largest absolute Gasteiger partial charge is 0.386 e. The van der Waals surface area contributed by atoms with E-state index >= 15 is 0 Å². The molecule has 1 N–H and O–H groups in total. The highest BCUT2D eigenvalue weighted by Crippen LogP contribution is 2.18. The maximum Gasteiger partial charge on any atom is 0.150 e. The van der Waals surface area contributed by atoms with Crippen LogP contribution in [0, 0.1) is 0 Å². The van der Waals surface area contributed by atoms with Crippen LogP contribution in [0.3, 0.4) is 0 Å². The molecule has 0 unspecified atom stereocenters. The lowest BCUT2D eigenvalue weighted by molar-refractivity contribution is 0.0785. The number of carbonyl (C=O) groups excluding carboxylic acids is 1. The Bertz CT molecular complexity index is 267. The second-order valence-corrected chi connectivity index (χ2v) is 3.30. The van der Waals surface area contributed by atoms with Crippen molar-refractivity contribution in [2.45, 2.75) is 19.4 Å². The molecule has 0 aromatic heterocycles. The minimum atomic E-state index is -0.832.